The van der Waals surface area contributed by atoms with Gasteiger partial charge in [-0.25, -0.2) is 5.43 Å². The standard InChI is InChI=1S/C22H29N3O2/c1-21(2,3)16-22(4,5)18-6-8-19(9-7-18)27-15-20(26)25-24-14-17-10-12-23-13-11-17/h6-14H,15-16H2,1-5H3,(H,25,26). The van der Waals surface area contributed by atoms with Crippen LogP contribution in [-0.2, 0) is 10.2 Å². The van der Waals surface area contributed by atoms with Crippen LogP contribution in [0.3, 0.4) is 0 Å². The first kappa shape index (κ1) is 20.6. The molecule has 2 aromatic rings. The number of nitrogens with zero attached hydrogens (tertiary/aromatic N) is 2. The van der Waals surface area contributed by atoms with Crippen molar-refractivity contribution in [3.05, 3.63) is 59.9 Å². The van der Waals surface area contributed by atoms with Gasteiger partial charge in [0.1, 0.15) is 5.75 Å². The summed E-state index contributed by atoms with van der Waals surface area (Å²) in [6.45, 7) is 11.2. The minimum atomic E-state index is -0.308. The van der Waals surface area contributed by atoms with Gasteiger partial charge in [-0.1, -0.05) is 46.8 Å². The Morgan fingerprint density at radius 3 is 2.30 bits per heavy atom. The molecule has 1 heterocycles. The minimum absolute atomic E-state index is 0.0792. The lowest BCUT2D eigenvalue weighted by Gasteiger charge is -2.33. The molecule has 2 rings (SSSR count). The highest BCUT2D eigenvalue weighted by molar-refractivity contribution is 5.82. The number of aromatic nitrogens is 1. The van der Waals surface area contributed by atoms with Crippen LogP contribution in [0.5, 0.6) is 5.75 Å². The van der Waals surface area contributed by atoms with E-state index in [1.807, 2.05) is 12.1 Å². The molecule has 1 N–H and O–H groups in total. The highest BCUT2D eigenvalue weighted by atomic mass is 16.5. The number of amides is 1. The molecule has 144 valence electrons. The summed E-state index contributed by atoms with van der Waals surface area (Å²) < 4.78 is 5.54. The third kappa shape index (κ3) is 7.21. The summed E-state index contributed by atoms with van der Waals surface area (Å²) in [4.78, 5) is 15.7. The van der Waals surface area contributed by atoms with Crippen molar-refractivity contribution in [3.8, 4) is 5.75 Å². The first-order valence-electron chi connectivity index (χ1n) is 9.11. The van der Waals surface area contributed by atoms with Crippen LogP contribution in [-0.4, -0.2) is 23.7 Å². The molecule has 0 aliphatic heterocycles. The molecular formula is C22H29N3O2. The minimum Gasteiger partial charge on any atom is -0.484 e. The molecule has 0 aliphatic carbocycles. The normalized spacial score (nSPS) is 12.2. The van der Waals surface area contributed by atoms with Gasteiger partial charge >= 0.3 is 0 Å². The number of hydrazone groups is 1. The van der Waals surface area contributed by atoms with Gasteiger partial charge in [-0.15, -0.1) is 0 Å². The second kappa shape index (κ2) is 8.80. The van der Waals surface area contributed by atoms with Crippen LogP contribution in [0, 0.1) is 5.41 Å². The zero-order valence-corrected chi connectivity index (χ0v) is 16.8. The number of carbonyl (C=O) groups excluding carboxylic acids is 1. The maximum absolute atomic E-state index is 11.8. The fourth-order valence-electron chi connectivity index (χ4n) is 3.24. The van der Waals surface area contributed by atoms with Crippen LogP contribution in [0.4, 0.5) is 0 Å². The van der Waals surface area contributed by atoms with E-state index in [1.54, 1.807) is 30.7 Å². The van der Waals surface area contributed by atoms with Crippen LogP contribution in [0.2, 0.25) is 0 Å². The second-order valence-electron chi connectivity index (χ2n) is 8.51. The van der Waals surface area contributed by atoms with Crippen LogP contribution in [0.25, 0.3) is 0 Å². The maximum Gasteiger partial charge on any atom is 0.277 e. The van der Waals surface area contributed by atoms with Gasteiger partial charge in [0.2, 0.25) is 0 Å². The molecule has 0 spiro atoms. The van der Waals surface area contributed by atoms with Gasteiger partial charge in [0.05, 0.1) is 6.21 Å². The molecule has 0 atom stereocenters. The predicted octanol–water partition coefficient (Wildman–Crippen LogP) is 4.32. The number of nitrogens with one attached hydrogen (secondary N) is 1. The van der Waals surface area contributed by atoms with Gasteiger partial charge in [-0.3, -0.25) is 9.78 Å². The summed E-state index contributed by atoms with van der Waals surface area (Å²) in [5.41, 5.74) is 4.91. The monoisotopic (exact) mass is 367 g/mol. The predicted molar refractivity (Wildman–Crippen MR) is 109 cm³/mol. The quantitative estimate of drug-likeness (QED) is 0.585. The topological polar surface area (TPSA) is 63.6 Å². The van der Waals surface area contributed by atoms with E-state index < -0.39 is 0 Å². The number of hydrogen-bond acceptors (Lipinski definition) is 4. The van der Waals surface area contributed by atoms with Crippen molar-refractivity contribution in [2.24, 2.45) is 10.5 Å². The van der Waals surface area contributed by atoms with Gasteiger partial charge in [-0.05, 0) is 52.6 Å². The molecule has 5 heteroatoms. The first-order chi connectivity index (χ1) is 12.7. The summed E-state index contributed by atoms with van der Waals surface area (Å²) in [5, 5.41) is 3.90. The number of rotatable bonds is 7. The van der Waals surface area contributed by atoms with Crippen LogP contribution in [0.15, 0.2) is 53.9 Å². The fraction of sp³-hybridized carbons (Fsp3) is 0.409. The highest BCUT2D eigenvalue weighted by Crippen LogP contribution is 2.36. The summed E-state index contributed by atoms with van der Waals surface area (Å²) >= 11 is 0. The van der Waals surface area contributed by atoms with Crippen molar-refractivity contribution in [1.29, 1.82) is 0 Å². The van der Waals surface area contributed by atoms with Crippen molar-refractivity contribution >= 4 is 12.1 Å². The van der Waals surface area contributed by atoms with E-state index in [9.17, 15) is 4.79 Å². The molecule has 0 saturated heterocycles. The van der Waals surface area contributed by atoms with Crippen molar-refractivity contribution in [2.45, 2.75) is 46.5 Å². The molecule has 0 radical (unpaired) electrons. The van der Waals surface area contributed by atoms with E-state index in [-0.39, 0.29) is 23.3 Å². The van der Waals surface area contributed by atoms with E-state index in [0.717, 1.165) is 12.0 Å². The summed E-state index contributed by atoms with van der Waals surface area (Å²) in [6.07, 6.45) is 5.97. The summed E-state index contributed by atoms with van der Waals surface area (Å²) in [7, 11) is 0. The fourth-order valence-corrected chi connectivity index (χ4v) is 3.24. The van der Waals surface area contributed by atoms with Crippen molar-refractivity contribution in [2.75, 3.05) is 6.61 Å². The Hall–Kier alpha value is -2.69. The Bertz CT molecular complexity index is 760. The smallest absolute Gasteiger partial charge is 0.277 e. The molecule has 27 heavy (non-hydrogen) atoms. The number of benzene rings is 1. The van der Waals surface area contributed by atoms with E-state index in [1.165, 1.54) is 5.56 Å². The zero-order chi connectivity index (χ0) is 19.9. The zero-order valence-electron chi connectivity index (χ0n) is 16.8. The van der Waals surface area contributed by atoms with Crippen LogP contribution >= 0.6 is 0 Å². The lowest BCUT2D eigenvalue weighted by molar-refractivity contribution is -0.123. The Balaban J connectivity index is 1.84. The summed E-state index contributed by atoms with van der Waals surface area (Å²) in [5.74, 6) is 0.357. The van der Waals surface area contributed by atoms with Crippen molar-refractivity contribution in [3.63, 3.8) is 0 Å². The highest BCUT2D eigenvalue weighted by Gasteiger charge is 2.27. The molecular weight excluding hydrogens is 338 g/mol. The van der Waals surface area contributed by atoms with Gasteiger partial charge in [0, 0.05) is 12.4 Å². The van der Waals surface area contributed by atoms with Crippen molar-refractivity contribution < 1.29 is 9.53 Å². The third-order valence-corrected chi connectivity index (χ3v) is 4.09. The summed E-state index contributed by atoms with van der Waals surface area (Å²) in [6, 6.07) is 11.6. The van der Waals surface area contributed by atoms with Crippen LogP contribution < -0.4 is 10.2 Å². The molecule has 5 nitrogen and oxygen atoms in total. The van der Waals surface area contributed by atoms with Gasteiger partial charge in [-0.2, -0.15) is 5.10 Å². The molecule has 0 aliphatic rings. The molecule has 0 fully saturated rings. The number of ether oxygens (including phenoxy) is 1. The molecule has 0 unspecified atom stereocenters. The SMILES string of the molecule is CC(C)(C)CC(C)(C)c1ccc(OCC(=O)NN=Cc2ccncc2)cc1. The van der Waals surface area contributed by atoms with Gasteiger partial charge in [0.25, 0.3) is 5.91 Å². The molecule has 1 aromatic heterocycles. The largest absolute Gasteiger partial charge is 0.484 e. The van der Waals surface area contributed by atoms with Gasteiger partial charge < -0.3 is 4.74 Å². The van der Waals surface area contributed by atoms with Crippen molar-refractivity contribution in [1.82, 2.24) is 10.4 Å². The van der Waals surface area contributed by atoms with E-state index in [4.69, 9.17) is 4.74 Å². The van der Waals surface area contributed by atoms with Gasteiger partial charge in [0.15, 0.2) is 6.61 Å². The second-order valence-corrected chi connectivity index (χ2v) is 8.51. The lowest BCUT2D eigenvalue weighted by atomic mass is 9.72. The molecule has 1 amide bonds. The molecule has 0 saturated carbocycles. The molecule has 1 aromatic carbocycles. The maximum atomic E-state index is 11.8. The Morgan fingerprint density at radius 2 is 1.70 bits per heavy atom. The Morgan fingerprint density at radius 1 is 1.07 bits per heavy atom. The Labute approximate surface area is 161 Å². The lowest BCUT2D eigenvalue weighted by Crippen LogP contribution is -2.25. The van der Waals surface area contributed by atoms with E-state index >= 15 is 0 Å². The molecule has 0 bridgehead atoms. The number of pyridine rings is 1. The third-order valence-electron chi connectivity index (χ3n) is 4.09. The van der Waals surface area contributed by atoms with E-state index in [2.05, 4.69) is 62.3 Å². The average Bonchev–Trinajstić information content (AvgIpc) is 2.59. The number of hydrogen-bond donors (Lipinski definition) is 1. The average molecular weight is 367 g/mol. The van der Waals surface area contributed by atoms with Crippen LogP contribution in [0.1, 0.15) is 52.2 Å². The first-order valence-corrected chi connectivity index (χ1v) is 9.11. The van der Waals surface area contributed by atoms with E-state index in [0.29, 0.717) is 5.75 Å². The Kier molecular flexibility index (Phi) is 6.72. The number of carbonyl (C=O) groups is 1.